The van der Waals surface area contributed by atoms with E-state index < -0.39 is 0 Å². The second kappa shape index (κ2) is 4.92. The smallest absolute Gasteiger partial charge is 0.127 e. The molecule has 2 unspecified atom stereocenters. The van der Waals surface area contributed by atoms with Crippen molar-refractivity contribution in [2.45, 2.75) is 24.1 Å². The number of aryl methyl sites for hydroxylation is 1. The van der Waals surface area contributed by atoms with Crippen LogP contribution in [0.5, 0.6) is 0 Å². The third kappa shape index (κ3) is 2.21. The van der Waals surface area contributed by atoms with E-state index >= 15 is 0 Å². The maximum Gasteiger partial charge on any atom is 0.127 e. The highest BCUT2D eigenvalue weighted by Crippen LogP contribution is 2.49. The molecule has 0 N–H and O–H groups in total. The zero-order valence-electron chi connectivity index (χ0n) is 10.5. The molecule has 0 saturated heterocycles. The average Bonchev–Trinajstić information content (AvgIpc) is 2.35. The molecule has 2 aromatic carbocycles. The summed E-state index contributed by atoms with van der Waals surface area (Å²) in [5.41, 5.74) is 4.37. The Morgan fingerprint density at radius 1 is 1.32 bits per heavy atom. The number of hydrogen-bond donors (Lipinski definition) is 0. The summed E-state index contributed by atoms with van der Waals surface area (Å²) in [4.78, 5) is 0.134. The summed E-state index contributed by atoms with van der Waals surface area (Å²) >= 11 is 9.91. The van der Waals surface area contributed by atoms with E-state index in [1.165, 1.54) is 17.2 Å². The Bertz CT molecular complexity index is 639. The minimum atomic E-state index is -0.248. The van der Waals surface area contributed by atoms with Crippen LogP contribution in [0.4, 0.5) is 4.39 Å². The minimum Gasteiger partial charge on any atom is -0.207 e. The van der Waals surface area contributed by atoms with Crippen LogP contribution < -0.4 is 0 Å². The molecule has 0 heterocycles. The van der Waals surface area contributed by atoms with Gasteiger partial charge >= 0.3 is 0 Å². The fourth-order valence-corrected chi connectivity index (χ4v) is 3.92. The number of rotatable bonds is 2. The first kappa shape index (κ1) is 13.1. The van der Waals surface area contributed by atoms with E-state index in [1.807, 2.05) is 6.07 Å². The van der Waals surface area contributed by atoms with Gasteiger partial charge in [-0.25, -0.2) is 4.39 Å². The van der Waals surface area contributed by atoms with E-state index in [0.29, 0.717) is 16.5 Å². The summed E-state index contributed by atoms with van der Waals surface area (Å²) in [5, 5.41) is 0.495. The molecule has 98 valence electrons. The van der Waals surface area contributed by atoms with E-state index in [1.54, 1.807) is 6.92 Å². The van der Waals surface area contributed by atoms with Crippen molar-refractivity contribution in [3.05, 3.63) is 69.5 Å². The van der Waals surface area contributed by atoms with Gasteiger partial charge in [-0.05, 0) is 41.7 Å². The Morgan fingerprint density at radius 3 is 2.79 bits per heavy atom. The number of fused-ring (bicyclic) bond motifs is 1. The molecular formula is C16H13BrClF. The number of alkyl halides is 1. The fourth-order valence-electron chi connectivity index (χ4n) is 2.67. The van der Waals surface area contributed by atoms with Gasteiger partial charge in [0.05, 0.1) is 0 Å². The maximum atomic E-state index is 13.5. The second-order valence-corrected chi connectivity index (χ2v) is 6.43. The van der Waals surface area contributed by atoms with Crippen molar-refractivity contribution >= 4 is 27.5 Å². The summed E-state index contributed by atoms with van der Waals surface area (Å²) < 4.78 is 13.5. The highest BCUT2D eigenvalue weighted by atomic mass is 79.9. The van der Waals surface area contributed by atoms with Crippen LogP contribution in [0.15, 0.2) is 36.4 Å². The lowest BCUT2D eigenvalue weighted by Gasteiger charge is -2.34. The molecular weight excluding hydrogens is 327 g/mol. The van der Waals surface area contributed by atoms with Crippen LogP contribution in [0.25, 0.3) is 0 Å². The highest BCUT2D eigenvalue weighted by molar-refractivity contribution is 9.09. The standard InChI is InChI=1S/C16H13BrClF/c1-9-6-13(14(18)8-15(9)19)16(17)12-7-10-4-2-3-5-11(10)12/h2-6,8,12,16H,7H2,1H3. The number of halogens is 3. The first-order valence-corrected chi connectivity index (χ1v) is 7.54. The van der Waals surface area contributed by atoms with Crippen LogP contribution in [-0.2, 0) is 6.42 Å². The van der Waals surface area contributed by atoms with Crippen molar-refractivity contribution in [1.82, 2.24) is 0 Å². The Hall–Kier alpha value is -0.860. The summed E-state index contributed by atoms with van der Waals surface area (Å²) in [6, 6.07) is 11.7. The van der Waals surface area contributed by atoms with Gasteiger partial charge in [-0.15, -0.1) is 0 Å². The first-order chi connectivity index (χ1) is 9.08. The normalized spacial score (nSPS) is 18.6. The molecule has 0 radical (unpaired) electrons. The summed E-state index contributed by atoms with van der Waals surface area (Å²) in [6.45, 7) is 1.77. The number of hydrogen-bond acceptors (Lipinski definition) is 0. The molecule has 2 atom stereocenters. The molecule has 19 heavy (non-hydrogen) atoms. The average molecular weight is 340 g/mol. The van der Waals surface area contributed by atoms with E-state index in [9.17, 15) is 4.39 Å². The Morgan fingerprint density at radius 2 is 2.05 bits per heavy atom. The molecule has 0 aliphatic heterocycles. The second-order valence-electron chi connectivity index (χ2n) is 5.03. The molecule has 1 aliphatic rings. The van der Waals surface area contributed by atoms with Crippen molar-refractivity contribution in [3.8, 4) is 0 Å². The predicted octanol–water partition coefficient (Wildman–Crippen LogP) is 5.56. The van der Waals surface area contributed by atoms with Crippen molar-refractivity contribution in [1.29, 1.82) is 0 Å². The molecule has 0 bridgehead atoms. The van der Waals surface area contributed by atoms with E-state index in [-0.39, 0.29) is 10.6 Å². The topological polar surface area (TPSA) is 0 Å². The summed E-state index contributed by atoms with van der Waals surface area (Å²) in [7, 11) is 0. The summed E-state index contributed by atoms with van der Waals surface area (Å²) in [6.07, 6.45) is 1.04. The van der Waals surface area contributed by atoms with Gasteiger partial charge in [-0.3, -0.25) is 0 Å². The van der Waals surface area contributed by atoms with Gasteiger partial charge in [0, 0.05) is 15.8 Å². The SMILES string of the molecule is Cc1cc(C(Br)C2Cc3ccccc32)c(Cl)cc1F. The van der Waals surface area contributed by atoms with Gasteiger partial charge in [0.15, 0.2) is 0 Å². The molecule has 1 aliphatic carbocycles. The van der Waals surface area contributed by atoms with Crippen molar-refractivity contribution in [2.24, 2.45) is 0 Å². The van der Waals surface area contributed by atoms with Gasteiger partial charge in [0.25, 0.3) is 0 Å². The van der Waals surface area contributed by atoms with Crippen LogP contribution in [0, 0.1) is 12.7 Å². The van der Waals surface area contributed by atoms with Gasteiger partial charge < -0.3 is 0 Å². The van der Waals surface area contributed by atoms with Crippen LogP contribution >= 0.6 is 27.5 Å². The molecule has 3 rings (SSSR count). The molecule has 0 nitrogen and oxygen atoms in total. The first-order valence-electron chi connectivity index (χ1n) is 6.25. The molecule has 0 fully saturated rings. The third-order valence-corrected chi connectivity index (χ3v) is 5.28. The highest BCUT2D eigenvalue weighted by Gasteiger charge is 2.33. The Kier molecular flexibility index (Phi) is 3.40. The Labute approximate surface area is 125 Å². The van der Waals surface area contributed by atoms with Gasteiger partial charge in [-0.1, -0.05) is 57.9 Å². The van der Waals surface area contributed by atoms with Crippen LogP contribution in [0.2, 0.25) is 5.02 Å². The van der Waals surface area contributed by atoms with E-state index in [2.05, 4.69) is 40.2 Å². The molecule has 0 spiro atoms. The van der Waals surface area contributed by atoms with E-state index in [4.69, 9.17) is 11.6 Å². The fraction of sp³-hybridized carbons (Fsp3) is 0.250. The largest absolute Gasteiger partial charge is 0.207 e. The molecule has 3 heteroatoms. The molecule has 0 aromatic heterocycles. The quantitative estimate of drug-likeness (QED) is 0.628. The molecule has 0 amide bonds. The minimum absolute atomic E-state index is 0.134. The molecule has 2 aromatic rings. The summed E-state index contributed by atoms with van der Waals surface area (Å²) in [5.74, 6) is 0.168. The van der Waals surface area contributed by atoms with Crippen molar-refractivity contribution < 1.29 is 4.39 Å². The molecule has 0 saturated carbocycles. The maximum absolute atomic E-state index is 13.5. The lowest BCUT2D eigenvalue weighted by molar-refractivity contribution is 0.593. The van der Waals surface area contributed by atoms with Crippen LogP contribution in [-0.4, -0.2) is 0 Å². The Balaban J connectivity index is 1.94. The lowest BCUT2D eigenvalue weighted by atomic mass is 9.74. The van der Waals surface area contributed by atoms with Crippen LogP contribution in [0.3, 0.4) is 0 Å². The van der Waals surface area contributed by atoms with Crippen LogP contribution in [0.1, 0.15) is 33.0 Å². The third-order valence-electron chi connectivity index (χ3n) is 3.82. The zero-order valence-corrected chi connectivity index (χ0v) is 12.8. The number of benzene rings is 2. The van der Waals surface area contributed by atoms with Gasteiger partial charge in [0.1, 0.15) is 5.82 Å². The zero-order chi connectivity index (χ0) is 13.6. The van der Waals surface area contributed by atoms with E-state index in [0.717, 1.165) is 12.0 Å². The lowest BCUT2D eigenvalue weighted by Crippen LogP contribution is -2.21. The van der Waals surface area contributed by atoms with Gasteiger partial charge in [0.2, 0.25) is 0 Å². The van der Waals surface area contributed by atoms with Crippen molar-refractivity contribution in [3.63, 3.8) is 0 Å². The van der Waals surface area contributed by atoms with Gasteiger partial charge in [-0.2, -0.15) is 0 Å². The monoisotopic (exact) mass is 338 g/mol. The predicted molar refractivity (Wildman–Crippen MR) is 80.7 cm³/mol. The van der Waals surface area contributed by atoms with Crippen molar-refractivity contribution in [2.75, 3.05) is 0 Å².